The summed E-state index contributed by atoms with van der Waals surface area (Å²) >= 11 is 0. The van der Waals surface area contributed by atoms with Crippen molar-refractivity contribution in [2.75, 3.05) is 0 Å². The Hall–Kier alpha value is -2.30. The minimum absolute atomic E-state index is 0.200. The standard InChI is InChI=1S/C10H8N2O3/c13-9-8(5-11-12-9)6-1-3-7(4-2-6)10(14)15/h1-5H,(H,14,15)(H2,11,12,13). The summed E-state index contributed by atoms with van der Waals surface area (Å²) in [7, 11) is 0. The molecule has 0 amide bonds. The van der Waals surface area contributed by atoms with Gasteiger partial charge in [-0.2, -0.15) is 0 Å². The molecule has 0 aliphatic heterocycles. The van der Waals surface area contributed by atoms with Gasteiger partial charge in [-0.1, -0.05) is 12.1 Å². The lowest BCUT2D eigenvalue weighted by Gasteiger charge is -1.97. The Morgan fingerprint density at radius 2 is 1.87 bits per heavy atom. The number of hydrogen-bond acceptors (Lipinski definition) is 2. The molecular formula is C10H8N2O3. The van der Waals surface area contributed by atoms with Crippen LogP contribution in [0.15, 0.2) is 35.3 Å². The molecule has 0 saturated carbocycles. The second kappa shape index (κ2) is 3.45. The molecule has 0 saturated heterocycles. The summed E-state index contributed by atoms with van der Waals surface area (Å²) in [6.07, 6.45) is 1.54. The molecule has 0 fully saturated rings. The van der Waals surface area contributed by atoms with Crippen molar-refractivity contribution in [2.45, 2.75) is 0 Å². The largest absolute Gasteiger partial charge is 0.478 e. The third-order valence-electron chi connectivity index (χ3n) is 2.09. The Morgan fingerprint density at radius 3 is 2.33 bits per heavy atom. The number of hydrogen-bond donors (Lipinski definition) is 3. The van der Waals surface area contributed by atoms with Crippen molar-refractivity contribution < 1.29 is 9.90 Å². The van der Waals surface area contributed by atoms with E-state index in [9.17, 15) is 9.59 Å². The lowest BCUT2D eigenvalue weighted by atomic mass is 10.1. The predicted octanol–water partition coefficient (Wildman–Crippen LogP) is 1.07. The quantitative estimate of drug-likeness (QED) is 0.683. The molecule has 0 aliphatic rings. The van der Waals surface area contributed by atoms with Gasteiger partial charge in [0.25, 0.3) is 5.56 Å². The van der Waals surface area contributed by atoms with Gasteiger partial charge < -0.3 is 10.2 Å². The summed E-state index contributed by atoms with van der Waals surface area (Å²) in [5, 5.41) is 13.7. The van der Waals surface area contributed by atoms with E-state index >= 15 is 0 Å². The zero-order valence-corrected chi connectivity index (χ0v) is 7.65. The minimum Gasteiger partial charge on any atom is -0.478 e. The first-order chi connectivity index (χ1) is 7.18. The Bertz CT molecular complexity index is 536. The molecule has 1 aromatic heterocycles. The third-order valence-corrected chi connectivity index (χ3v) is 2.09. The second-order valence-electron chi connectivity index (χ2n) is 3.04. The maximum absolute atomic E-state index is 11.2. The monoisotopic (exact) mass is 204 g/mol. The van der Waals surface area contributed by atoms with Gasteiger partial charge in [0.15, 0.2) is 0 Å². The smallest absolute Gasteiger partial charge is 0.335 e. The van der Waals surface area contributed by atoms with Crippen LogP contribution in [0.1, 0.15) is 10.4 Å². The third kappa shape index (κ3) is 1.67. The molecule has 3 N–H and O–H groups in total. The topological polar surface area (TPSA) is 85.9 Å². The highest BCUT2D eigenvalue weighted by molar-refractivity contribution is 5.88. The van der Waals surface area contributed by atoms with Gasteiger partial charge >= 0.3 is 5.97 Å². The van der Waals surface area contributed by atoms with Gasteiger partial charge in [-0.25, -0.2) is 4.79 Å². The maximum atomic E-state index is 11.2. The highest BCUT2D eigenvalue weighted by Crippen LogP contribution is 2.14. The number of H-pyrrole nitrogens is 2. The molecular weight excluding hydrogens is 196 g/mol. The van der Waals surface area contributed by atoms with Gasteiger partial charge in [-0.05, 0) is 17.7 Å². The Labute approximate surface area is 84.4 Å². The van der Waals surface area contributed by atoms with E-state index in [1.54, 1.807) is 12.1 Å². The molecule has 0 aliphatic carbocycles. The number of carboxylic acids is 1. The van der Waals surface area contributed by atoms with Crippen LogP contribution in [0.5, 0.6) is 0 Å². The zero-order chi connectivity index (χ0) is 10.8. The number of rotatable bonds is 2. The van der Waals surface area contributed by atoms with Gasteiger partial charge in [0.1, 0.15) is 0 Å². The normalized spacial score (nSPS) is 10.1. The molecule has 0 spiro atoms. The van der Waals surface area contributed by atoms with Gasteiger partial charge in [-0.15, -0.1) is 0 Å². The van der Waals surface area contributed by atoms with Crippen LogP contribution in [0.2, 0.25) is 0 Å². The summed E-state index contributed by atoms with van der Waals surface area (Å²) in [6, 6.07) is 6.12. The summed E-state index contributed by atoms with van der Waals surface area (Å²) in [6.45, 7) is 0. The van der Waals surface area contributed by atoms with E-state index in [0.29, 0.717) is 11.1 Å². The van der Waals surface area contributed by atoms with Crippen molar-refractivity contribution in [2.24, 2.45) is 0 Å². The number of benzene rings is 1. The van der Waals surface area contributed by atoms with Crippen LogP contribution >= 0.6 is 0 Å². The molecule has 15 heavy (non-hydrogen) atoms. The van der Waals surface area contributed by atoms with E-state index < -0.39 is 5.97 Å². The number of aromatic carboxylic acids is 1. The van der Waals surface area contributed by atoms with Crippen LogP contribution in [0.4, 0.5) is 0 Å². The van der Waals surface area contributed by atoms with E-state index in [0.717, 1.165) is 0 Å². The summed E-state index contributed by atoms with van der Waals surface area (Å²) in [4.78, 5) is 21.8. The van der Waals surface area contributed by atoms with Crippen LogP contribution in [-0.4, -0.2) is 21.3 Å². The van der Waals surface area contributed by atoms with Crippen molar-refractivity contribution in [1.29, 1.82) is 0 Å². The molecule has 0 radical (unpaired) electrons. The summed E-state index contributed by atoms with van der Waals surface area (Å²) in [5.41, 5.74) is 1.15. The van der Waals surface area contributed by atoms with Crippen LogP contribution < -0.4 is 5.56 Å². The Balaban J connectivity index is 2.44. The molecule has 1 aromatic carbocycles. The van der Waals surface area contributed by atoms with Crippen LogP contribution in [0, 0.1) is 0 Å². The van der Waals surface area contributed by atoms with Gasteiger partial charge in [0, 0.05) is 6.20 Å². The van der Waals surface area contributed by atoms with Gasteiger partial charge in [0.2, 0.25) is 0 Å². The number of nitrogens with one attached hydrogen (secondary N) is 2. The molecule has 2 rings (SSSR count). The van der Waals surface area contributed by atoms with E-state index in [2.05, 4.69) is 10.2 Å². The molecule has 2 aromatic rings. The molecule has 76 valence electrons. The molecule has 0 bridgehead atoms. The van der Waals surface area contributed by atoms with Crippen molar-refractivity contribution in [3.8, 4) is 11.1 Å². The molecule has 5 nitrogen and oxygen atoms in total. The molecule has 5 heteroatoms. The van der Waals surface area contributed by atoms with E-state index in [4.69, 9.17) is 5.11 Å². The minimum atomic E-state index is -0.982. The lowest BCUT2D eigenvalue weighted by Crippen LogP contribution is -2.01. The number of carbonyl (C=O) groups is 1. The fourth-order valence-corrected chi connectivity index (χ4v) is 1.31. The Kier molecular flexibility index (Phi) is 2.13. The molecule has 0 atom stereocenters. The average molecular weight is 204 g/mol. The van der Waals surface area contributed by atoms with E-state index in [-0.39, 0.29) is 11.1 Å². The van der Waals surface area contributed by atoms with Crippen molar-refractivity contribution >= 4 is 5.97 Å². The average Bonchev–Trinajstić information content (AvgIpc) is 2.65. The molecule has 0 unspecified atom stereocenters. The van der Waals surface area contributed by atoms with Crippen LogP contribution in [0.25, 0.3) is 11.1 Å². The highest BCUT2D eigenvalue weighted by atomic mass is 16.4. The van der Waals surface area contributed by atoms with Crippen molar-refractivity contribution in [1.82, 2.24) is 10.2 Å². The highest BCUT2D eigenvalue weighted by Gasteiger charge is 2.05. The first-order valence-corrected chi connectivity index (χ1v) is 4.28. The van der Waals surface area contributed by atoms with Gasteiger partial charge in [-0.3, -0.25) is 9.89 Å². The lowest BCUT2D eigenvalue weighted by molar-refractivity contribution is 0.0697. The summed E-state index contributed by atoms with van der Waals surface area (Å²) in [5.74, 6) is -0.982. The van der Waals surface area contributed by atoms with Crippen molar-refractivity contribution in [3.05, 3.63) is 46.4 Å². The zero-order valence-electron chi connectivity index (χ0n) is 7.65. The number of carboxylic acid groups (broad SMARTS) is 1. The number of aromatic amines is 2. The van der Waals surface area contributed by atoms with Crippen LogP contribution in [0.3, 0.4) is 0 Å². The van der Waals surface area contributed by atoms with Crippen LogP contribution in [-0.2, 0) is 0 Å². The molecule has 1 heterocycles. The Morgan fingerprint density at radius 1 is 1.20 bits per heavy atom. The van der Waals surface area contributed by atoms with Crippen molar-refractivity contribution in [3.63, 3.8) is 0 Å². The first kappa shape index (κ1) is 9.26. The van der Waals surface area contributed by atoms with E-state index in [1.807, 2.05) is 0 Å². The second-order valence-corrected chi connectivity index (χ2v) is 3.04. The predicted molar refractivity (Wildman–Crippen MR) is 53.8 cm³/mol. The van der Waals surface area contributed by atoms with Gasteiger partial charge in [0.05, 0.1) is 11.1 Å². The maximum Gasteiger partial charge on any atom is 0.335 e. The fourth-order valence-electron chi connectivity index (χ4n) is 1.31. The first-order valence-electron chi connectivity index (χ1n) is 4.28. The summed E-state index contributed by atoms with van der Waals surface area (Å²) < 4.78 is 0. The fraction of sp³-hybridized carbons (Fsp3) is 0. The SMILES string of the molecule is O=C(O)c1ccc(-c2c[nH][nH]c2=O)cc1. The van der Waals surface area contributed by atoms with E-state index in [1.165, 1.54) is 18.3 Å². The number of aromatic nitrogens is 2.